The first-order valence-electron chi connectivity index (χ1n) is 9.94. The van der Waals surface area contributed by atoms with Gasteiger partial charge in [0, 0.05) is 25.2 Å². The van der Waals surface area contributed by atoms with Gasteiger partial charge in [0.1, 0.15) is 17.5 Å². The SMILES string of the molecule is CC(C)C[C@@H](NC[C@H]1CCCN1C(=O)c1cc(C(C)C)c(O)cc1O)C(=O)O. The molecule has 0 aliphatic carbocycles. The van der Waals surface area contributed by atoms with Crippen LogP contribution in [0.2, 0.25) is 0 Å². The highest BCUT2D eigenvalue weighted by Crippen LogP contribution is 2.34. The number of aliphatic carboxylic acids is 1. The molecule has 1 heterocycles. The Morgan fingerprint density at radius 2 is 1.86 bits per heavy atom. The molecular weight excluding hydrogens is 360 g/mol. The standard InChI is InChI=1S/C21H32N2O5/c1-12(2)8-17(21(27)28)22-11-14-6-5-7-23(14)20(26)16-9-15(13(3)4)18(24)10-19(16)25/h9-10,12-14,17,22,24-25H,5-8,11H2,1-4H3,(H,27,28)/t14-,17-/m1/s1. The number of carbonyl (C=O) groups is 2. The van der Waals surface area contributed by atoms with Crippen molar-refractivity contribution in [1.82, 2.24) is 10.2 Å². The van der Waals surface area contributed by atoms with Crippen molar-refractivity contribution in [1.29, 1.82) is 0 Å². The summed E-state index contributed by atoms with van der Waals surface area (Å²) in [7, 11) is 0. The van der Waals surface area contributed by atoms with E-state index in [1.807, 2.05) is 27.7 Å². The van der Waals surface area contributed by atoms with Crippen LogP contribution < -0.4 is 5.32 Å². The second-order valence-corrected chi connectivity index (χ2v) is 8.31. The summed E-state index contributed by atoms with van der Waals surface area (Å²) < 4.78 is 0. The maximum Gasteiger partial charge on any atom is 0.320 e. The highest BCUT2D eigenvalue weighted by molar-refractivity contribution is 5.97. The van der Waals surface area contributed by atoms with Crippen molar-refractivity contribution >= 4 is 11.9 Å². The lowest BCUT2D eigenvalue weighted by Gasteiger charge is -2.27. The van der Waals surface area contributed by atoms with Crippen LogP contribution in [0, 0.1) is 5.92 Å². The van der Waals surface area contributed by atoms with E-state index >= 15 is 0 Å². The number of amides is 1. The lowest BCUT2D eigenvalue weighted by Crippen LogP contribution is -2.47. The molecule has 0 aromatic heterocycles. The van der Waals surface area contributed by atoms with Gasteiger partial charge < -0.3 is 25.5 Å². The summed E-state index contributed by atoms with van der Waals surface area (Å²) in [4.78, 5) is 26.2. The van der Waals surface area contributed by atoms with Crippen LogP contribution in [0.3, 0.4) is 0 Å². The maximum absolute atomic E-state index is 13.1. The largest absolute Gasteiger partial charge is 0.508 e. The molecule has 0 bridgehead atoms. The number of benzene rings is 1. The Balaban J connectivity index is 2.15. The summed E-state index contributed by atoms with van der Waals surface area (Å²) in [5.41, 5.74) is 0.781. The van der Waals surface area contributed by atoms with Crippen molar-refractivity contribution in [2.75, 3.05) is 13.1 Å². The zero-order valence-corrected chi connectivity index (χ0v) is 17.1. The van der Waals surface area contributed by atoms with E-state index in [0.717, 1.165) is 12.8 Å². The van der Waals surface area contributed by atoms with E-state index in [4.69, 9.17) is 0 Å². The number of aromatic hydroxyl groups is 2. The fourth-order valence-electron chi connectivity index (χ4n) is 3.72. The smallest absolute Gasteiger partial charge is 0.320 e. The Morgan fingerprint density at radius 3 is 2.43 bits per heavy atom. The molecule has 156 valence electrons. The quantitative estimate of drug-likeness (QED) is 0.541. The number of rotatable bonds is 8. The van der Waals surface area contributed by atoms with Gasteiger partial charge in [-0.25, -0.2) is 0 Å². The minimum atomic E-state index is -0.887. The number of hydrogen-bond donors (Lipinski definition) is 4. The van der Waals surface area contributed by atoms with E-state index in [-0.39, 0.29) is 40.8 Å². The maximum atomic E-state index is 13.1. The fourth-order valence-corrected chi connectivity index (χ4v) is 3.72. The Bertz CT molecular complexity index is 717. The van der Waals surface area contributed by atoms with Crippen LogP contribution in [0.15, 0.2) is 12.1 Å². The molecule has 1 amide bonds. The van der Waals surface area contributed by atoms with Crippen molar-refractivity contribution in [3.63, 3.8) is 0 Å². The van der Waals surface area contributed by atoms with Crippen LogP contribution in [0.25, 0.3) is 0 Å². The van der Waals surface area contributed by atoms with Crippen LogP contribution in [0.4, 0.5) is 0 Å². The van der Waals surface area contributed by atoms with Crippen LogP contribution in [-0.2, 0) is 4.79 Å². The van der Waals surface area contributed by atoms with Gasteiger partial charge in [0.2, 0.25) is 0 Å². The predicted molar refractivity (Wildman–Crippen MR) is 107 cm³/mol. The summed E-state index contributed by atoms with van der Waals surface area (Å²) >= 11 is 0. The van der Waals surface area contributed by atoms with Crippen LogP contribution in [0.5, 0.6) is 11.5 Å². The predicted octanol–water partition coefficient (Wildman–Crippen LogP) is 2.91. The molecule has 28 heavy (non-hydrogen) atoms. The average molecular weight is 392 g/mol. The highest BCUT2D eigenvalue weighted by atomic mass is 16.4. The number of carboxylic acids is 1. The Labute approximate surface area is 166 Å². The third kappa shape index (κ3) is 5.16. The molecule has 1 aromatic rings. The van der Waals surface area contributed by atoms with Gasteiger partial charge in [-0.3, -0.25) is 9.59 Å². The summed E-state index contributed by atoms with van der Waals surface area (Å²) in [6.45, 7) is 8.72. The number of likely N-dealkylation sites (tertiary alicyclic amines) is 1. The van der Waals surface area contributed by atoms with Crippen molar-refractivity contribution in [2.24, 2.45) is 5.92 Å². The molecule has 1 aromatic carbocycles. The van der Waals surface area contributed by atoms with Crippen LogP contribution in [0.1, 0.15) is 68.8 Å². The molecule has 1 aliphatic heterocycles. The minimum absolute atomic E-state index is 0.00977. The number of phenolic OH excluding ortho intramolecular Hbond substituents is 2. The first-order valence-corrected chi connectivity index (χ1v) is 9.94. The van der Waals surface area contributed by atoms with E-state index in [1.54, 1.807) is 11.0 Å². The van der Waals surface area contributed by atoms with E-state index in [2.05, 4.69) is 5.32 Å². The van der Waals surface area contributed by atoms with Gasteiger partial charge in [-0.15, -0.1) is 0 Å². The molecule has 7 heteroatoms. The van der Waals surface area contributed by atoms with Gasteiger partial charge in [-0.1, -0.05) is 27.7 Å². The summed E-state index contributed by atoms with van der Waals surface area (Å²) in [5.74, 6) is -1.19. The van der Waals surface area contributed by atoms with Crippen molar-refractivity contribution in [3.8, 4) is 11.5 Å². The number of phenols is 2. The van der Waals surface area contributed by atoms with Gasteiger partial charge in [-0.2, -0.15) is 0 Å². The van der Waals surface area contributed by atoms with Gasteiger partial charge in [0.15, 0.2) is 0 Å². The van der Waals surface area contributed by atoms with Crippen LogP contribution >= 0.6 is 0 Å². The number of carbonyl (C=O) groups excluding carboxylic acids is 1. The molecule has 2 atom stereocenters. The lowest BCUT2D eigenvalue weighted by atomic mass is 9.98. The van der Waals surface area contributed by atoms with Crippen LogP contribution in [-0.4, -0.2) is 57.3 Å². The van der Waals surface area contributed by atoms with Crippen molar-refractivity contribution < 1.29 is 24.9 Å². The lowest BCUT2D eigenvalue weighted by molar-refractivity contribution is -0.140. The second-order valence-electron chi connectivity index (χ2n) is 8.31. The Kier molecular flexibility index (Phi) is 7.29. The first-order chi connectivity index (χ1) is 13.1. The molecule has 2 rings (SSSR count). The normalized spacial score (nSPS) is 18.1. The molecule has 0 radical (unpaired) electrons. The molecule has 1 saturated heterocycles. The van der Waals surface area contributed by atoms with Crippen molar-refractivity contribution in [2.45, 2.75) is 65.0 Å². The zero-order chi connectivity index (χ0) is 21.0. The van der Waals surface area contributed by atoms with Gasteiger partial charge >= 0.3 is 5.97 Å². The first kappa shape index (κ1) is 22.0. The number of nitrogens with zero attached hydrogens (tertiary/aromatic N) is 1. The van der Waals surface area contributed by atoms with E-state index in [1.165, 1.54) is 6.07 Å². The summed E-state index contributed by atoms with van der Waals surface area (Å²) in [5, 5.41) is 32.7. The van der Waals surface area contributed by atoms with E-state index in [9.17, 15) is 24.9 Å². The molecular formula is C21H32N2O5. The average Bonchev–Trinajstić information content (AvgIpc) is 3.05. The zero-order valence-electron chi connectivity index (χ0n) is 17.1. The number of carboxylic acid groups (broad SMARTS) is 1. The van der Waals surface area contributed by atoms with Gasteiger partial charge in [0.05, 0.1) is 5.56 Å². The summed E-state index contributed by atoms with van der Waals surface area (Å²) in [6.07, 6.45) is 2.13. The van der Waals surface area contributed by atoms with E-state index in [0.29, 0.717) is 25.1 Å². The third-order valence-corrected chi connectivity index (χ3v) is 5.24. The molecule has 0 unspecified atom stereocenters. The number of nitrogens with one attached hydrogen (secondary N) is 1. The molecule has 0 saturated carbocycles. The van der Waals surface area contributed by atoms with Gasteiger partial charge in [-0.05, 0) is 42.7 Å². The third-order valence-electron chi connectivity index (χ3n) is 5.24. The Hall–Kier alpha value is -2.28. The Morgan fingerprint density at radius 1 is 1.18 bits per heavy atom. The molecule has 0 spiro atoms. The minimum Gasteiger partial charge on any atom is -0.508 e. The van der Waals surface area contributed by atoms with Crippen molar-refractivity contribution in [3.05, 3.63) is 23.3 Å². The molecule has 7 nitrogen and oxygen atoms in total. The fraction of sp³-hybridized carbons (Fsp3) is 0.619. The number of hydrogen-bond acceptors (Lipinski definition) is 5. The summed E-state index contributed by atoms with van der Waals surface area (Å²) in [6, 6.07) is 2.00. The van der Waals surface area contributed by atoms with Gasteiger partial charge in [0.25, 0.3) is 5.91 Å². The highest BCUT2D eigenvalue weighted by Gasteiger charge is 2.32. The molecule has 1 fully saturated rings. The second kappa shape index (κ2) is 9.28. The topological polar surface area (TPSA) is 110 Å². The monoisotopic (exact) mass is 392 g/mol. The molecule has 1 aliphatic rings. The molecule has 4 N–H and O–H groups in total. The van der Waals surface area contributed by atoms with E-state index < -0.39 is 12.0 Å².